The number of carbonyl (C=O) groups is 1. The summed E-state index contributed by atoms with van der Waals surface area (Å²) >= 11 is 1.81. The molecule has 4 rings (SSSR count). The minimum Gasteiger partial charge on any atom is -0.345 e. The summed E-state index contributed by atoms with van der Waals surface area (Å²) in [4.78, 5) is 14.2. The van der Waals surface area contributed by atoms with Crippen molar-refractivity contribution in [3.05, 3.63) is 59.7 Å². The number of piperidine rings is 1. The summed E-state index contributed by atoms with van der Waals surface area (Å²) in [6, 6.07) is 14.5. The lowest BCUT2D eigenvalue weighted by Crippen LogP contribution is -2.41. The standard InChI is InChI=1S/C22H26N2O3S2/c1-16-6-4-5-14-24(16)29(26,27)18-11-9-17(10-12-18)22(25)23-20-13-15-28-21-8-3-2-7-19(20)21/h2-3,7-12,16,20H,4-6,13-15H2,1H3,(H,23,25)/t16-,20+/m1/s1. The number of sulfonamides is 1. The van der Waals surface area contributed by atoms with Gasteiger partial charge in [-0.05, 0) is 62.1 Å². The van der Waals surface area contributed by atoms with E-state index in [1.54, 1.807) is 28.6 Å². The van der Waals surface area contributed by atoms with Crippen molar-refractivity contribution in [3.8, 4) is 0 Å². The summed E-state index contributed by atoms with van der Waals surface area (Å²) in [5, 5.41) is 3.11. The zero-order chi connectivity index (χ0) is 20.4. The minimum absolute atomic E-state index is 0.0148. The Balaban J connectivity index is 1.49. The van der Waals surface area contributed by atoms with E-state index in [1.807, 2.05) is 30.8 Å². The Morgan fingerprint density at radius 2 is 1.83 bits per heavy atom. The second-order valence-electron chi connectivity index (χ2n) is 7.69. The molecule has 0 bridgehead atoms. The molecular weight excluding hydrogens is 404 g/mol. The van der Waals surface area contributed by atoms with Crippen LogP contribution in [0.2, 0.25) is 0 Å². The van der Waals surface area contributed by atoms with Crippen molar-refractivity contribution >= 4 is 27.7 Å². The van der Waals surface area contributed by atoms with Gasteiger partial charge in [0.2, 0.25) is 10.0 Å². The zero-order valence-corrected chi connectivity index (χ0v) is 18.1. The van der Waals surface area contributed by atoms with Crippen LogP contribution in [0.25, 0.3) is 0 Å². The number of nitrogens with one attached hydrogen (secondary N) is 1. The molecule has 2 aromatic rings. The van der Waals surface area contributed by atoms with E-state index in [1.165, 1.54) is 4.90 Å². The van der Waals surface area contributed by atoms with Crippen LogP contribution in [-0.2, 0) is 10.0 Å². The third kappa shape index (κ3) is 4.22. The lowest BCUT2D eigenvalue weighted by atomic mass is 10.0. The van der Waals surface area contributed by atoms with Crippen molar-refractivity contribution in [3.63, 3.8) is 0 Å². The van der Waals surface area contributed by atoms with Crippen LogP contribution in [0.3, 0.4) is 0 Å². The van der Waals surface area contributed by atoms with E-state index < -0.39 is 10.0 Å². The maximum absolute atomic E-state index is 13.0. The normalized spacial score (nSPS) is 22.7. The van der Waals surface area contributed by atoms with Gasteiger partial charge in [0, 0.05) is 28.8 Å². The van der Waals surface area contributed by atoms with Crippen LogP contribution in [0.15, 0.2) is 58.3 Å². The Hall–Kier alpha value is -1.83. The van der Waals surface area contributed by atoms with Crippen LogP contribution in [-0.4, -0.2) is 37.0 Å². The molecule has 5 nitrogen and oxygen atoms in total. The van der Waals surface area contributed by atoms with E-state index in [2.05, 4.69) is 17.4 Å². The molecule has 29 heavy (non-hydrogen) atoms. The molecular formula is C22H26N2O3S2. The van der Waals surface area contributed by atoms with E-state index in [4.69, 9.17) is 0 Å². The molecule has 1 fully saturated rings. The third-order valence-corrected chi connectivity index (χ3v) is 8.88. The molecule has 2 aliphatic rings. The second-order valence-corrected chi connectivity index (χ2v) is 10.7. The van der Waals surface area contributed by atoms with Crippen LogP contribution >= 0.6 is 11.8 Å². The quantitative estimate of drug-likeness (QED) is 0.789. The highest BCUT2D eigenvalue weighted by atomic mass is 32.2. The SMILES string of the molecule is C[C@@H]1CCCCN1S(=O)(=O)c1ccc(C(=O)N[C@H]2CCSc3ccccc32)cc1. The molecule has 2 aromatic carbocycles. The number of hydrogen-bond donors (Lipinski definition) is 1. The Labute approximate surface area is 176 Å². The van der Waals surface area contributed by atoms with Gasteiger partial charge in [-0.3, -0.25) is 4.79 Å². The van der Waals surface area contributed by atoms with Gasteiger partial charge in [0.1, 0.15) is 0 Å². The Morgan fingerprint density at radius 3 is 2.59 bits per heavy atom. The van der Waals surface area contributed by atoms with Crippen LogP contribution in [0.4, 0.5) is 0 Å². The fourth-order valence-electron chi connectivity index (χ4n) is 4.08. The van der Waals surface area contributed by atoms with Gasteiger partial charge in [-0.1, -0.05) is 24.6 Å². The van der Waals surface area contributed by atoms with Gasteiger partial charge in [0.15, 0.2) is 0 Å². The Bertz CT molecular complexity index is 989. The smallest absolute Gasteiger partial charge is 0.251 e. The molecule has 1 amide bonds. The van der Waals surface area contributed by atoms with Crippen molar-refractivity contribution in [2.75, 3.05) is 12.3 Å². The van der Waals surface area contributed by atoms with Gasteiger partial charge in [0.05, 0.1) is 10.9 Å². The summed E-state index contributed by atoms with van der Waals surface area (Å²) in [6.45, 7) is 2.52. The first-order valence-corrected chi connectivity index (χ1v) is 12.5. The van der Waals surface area contributed by atoms with Crippen molar-refractivity contribution in [2.45, 2.75) is 54.5 Å². The van der Waals surface area contributed by atoms with Gasteiger partial charge in [0.25, 0.3) is 5.91 Å². The molecule has 0 aliphatic carbocycles. The lowest BCUT2D eigenvalue weighted by molar-refractivity contribution is 0.0935. The summed E-state index contributed by atoms with van der Waals surface area (Å²) in [7, 11) is -3.52. The monoisotopic (exact) mass is 430 g/mol. The molecule has 7 heteroatoms. The predicted molar refractivity (Wildman–Crippen MR) is 116 cm³/mol. The van der Waals surface area contributed by atoms with Gasteiger partial charge in [-0.25, -0.2) is 8.42 Å². The molecule has 0 saturated carbocycles. The van der Waals surface area contributed by atoms with E-state index in [0.717, 1.165) is 37.0 Å². The number of nitrogens with zero attached hydrogens (tertiary/aromatic N) is 1. The lowest BCUT2D eigenvalue weighted by Gasteiger charge is -2.32. The molecule has 1 saturated heterocycles. The van der Waals surface area contributed by atoms with Crippen molar-refractivity contribution in [2.24, 2.45) is 0 Å². The molecule has 0 aromatic heterocycles. The van der Waals surface area contributed by atoms with Crippen molar-refractivity contribution < 1.29 is 13.2 Å². The highest BCUT2D eigenvalue weighted by Crippen LogP contribution is 2.36. The number of carbonyl (C=O) groups excluding carboxylic acids is 1. The van der Waals surface area contributed by atoms with E-state index >= 15 is 0 Å². The van der Waals surface area contributed by atoms with Crippen molar-refractivity contribution in [1.29, 1.82) is 0 Å². The first kappa shape index (κ1) is 20.4. The first-order chi connectivity index (χ1) is 14.0. The van der Waals surface area contributed by atoms with Crippen LogP contribution < -0.4 is 5.32 Å². The second kappa shape index (κ2) is 8.50. The topological polar surface area (TPSA) is 66.5 Å². The molecule has 2 heterocycles. The molecule has 2 atom stereocenters. The number of hydrogen-bond acceptors (Lipinski definition) is 4. The number of fused-ring (bicyclic) bond motifs is 1. The van der Waals surface area contributed by atoms with Gasteiger partial charge >= 0.3 is 0 Å². The van der Waals surface area contributed by atoms with Gasteiger partial charge in [-0.15, -0.1) is 11.8 Å². The fraction of sp³-hybridized carbons (Fsp3) is 0.409. The third-order valence-electron chi connectivity index (χ3n) is 5.73. The van der Waals surface area contributed by atoms with Crippen LogP contribution in [0.1, 0.15) is 54.6 Å². The highest BCUT2D eigenvalue weighted by Gasteiger charge is 2.31. The van der Waals surface area contributed by atoms with E-state index in [-0.39, 0.29) is 22.9 Å². The molecule has 1 N–H and O–H groups in total. The van der Waals surface area contributed by atoms with Crippen LogP contribution in [0.5, 0.6) is 0 Å². The van der Waals surface area contributed by atoms with Crippen LogP contribution in [0, 0.1) is 0 Å². The molecule has 0 unspecified atom stereocenters. The number of benzene rings is 2. The van der Waals surface area contributed by atoms with Crippen molar-refractivity contribution in [1.82, 2.24) is 9.62 Å². The maximum Gasteiger partial charge on any atom is 0.251 e. The molecule has 154 valence electrons. The number of thioether (sulfide) groups is 1. The molecule has 2 aliphatic heterocycles. The molecule has 0 radical (unpaired) electrons. The minimum atomic E-state index is -3.52. The van der Waals surface area contributed by atoms with Gasteiger partial charge < -0.3 is 5.32 Å². The number of amides is 1. The Kier molecular flexibility index (Phi) is 5.99. The predicted octanol–water partition coefficient (Wildman–Crippen LogP) is 4.22. The van der Waals surface area contributed by atoms with E-state index in [9.17, 15) is 13.2 Å². The fourth-order valence-corrected chi connectivity index (χ4v) is 6.90. The average Bonchev–Trinajstić information content (AvgIpc) is 2.74. The first-order valence-electron chi connectivity index (χ1n) is 10.1. The summed E-state index contributed by atoms with van der Waals surface area (Å²) in [5.74, 6) is 0.791. The summed E-state index contributed by atoms with van der Waals surface area (Å²) in [6.07, 6.45) is 3.73. The largest absolute Gasteiger partial charge is 0.345 e. The highest BCUT2D eigenvalue weighted by molar-refractivity contribution is 7.99. The van der Waals surface area contributed by atoms with Gasteiger partial charge in [-0.2, -0.15) is 4.31 Å². The van der Waals surface area contributed by atoms with E-state index in [0.29, 0.717) is 12.1 Å². The number of rotatable bonds is 4. The molecule has 0 spiro atoms. The zero-order valence-electron chi connectivity index (χ0n) is 16.5. The maximum atomic E-state index is 13.0. The summed E-state index contributed by atoms with van der Waals surface area (Å²) in [5.41, 5.74) is 1.63. The Morgan fingerprint density at radius 1 is 1.07 bits per heavy atom. The summed E-state index contributed by atoms with van der Waals surface area (Å²) < 4.78 is 27.5. The average molecular weight is 431 g/mol.